The van der Waals surface area contributed by atoms with Gasteiger partial charge in [0, 0.05) is 27.8 Å². The Morgan fingerprint density at radius 2 is 0.960 bits per heavy atom. The predicted octanol–water partition coefficient (Wildman–Crippen LogP) is 13.8. The molecule has 0 radical (unpaired) electrons. The maximum atomic E-state index is 6.23. The molecule has 2 heteroatoms. The molecule has 0 amide bonds. The van der Waals surface area contributed by atoms with Crippen molar-refractivity contribution >= 4 is 71.3 Å². The molecule has 0 aliphatic heterocycles. The first kappa shape index (κ1) is 28.4. The first-order valence-corrected chi connectivity index (χ1v) is 17.1. The monoisotopic (exact) mass is 637 g/mol. The molecule has 9 aromatic carbocycles. The second-order valence-electron chi connectivity index (χ2n) is 13.0. The average molecular weight is 638 g/mol. The zero-order valence-corrected chi connectivity index (χ0v) is 27.3. The van der Waals surface area contributed by atoms with Crippen LogP contribution >= 0.6 is 0 Å². The van der Waals surface area contributed by atoms with Crippen molar-refractivity contribution in [2.24, 2.45) is 0 Å². The molecule has 2 nitrogen and oxygen atoms in total. The minimum absolute atomic E-state index is 0.912. The highest BCUT2D eigenvalue weighted by molar-refractivity contribution is 6.14. The number of benzene rings is 9. The van der Waals surface area contributed by atoms with Gasteiger partial charge in [-0.1, -0.05) is 127 Å². The van der Waals surface area contributed by atoms with Crippen molar-refractivity contribution in [2.75, 3.05) is 4.90 Å². The number of anilines is 3. The fraction of sp³-hybridized carbons (Fsp3) is 0. The van der Waals surface area contributed by atoms with E-state index in [-0.39, 0.29) is 0 Å². The Labute approximate surface area is 290 Å². The van der Waals surface area contributed by atoms with Crippen LogP contribution < -0.4 is 4.90 Å². The molecule has 0 bridgehead atoms. The minimum Gasteiger partial charge on any atom is -0.456 e. The van der Waals surface area contributed by atoms with Crippen molar-refractivity contribution in [3.63, 3.8) is 0 Å². The van der Waals surface area contributed by atoms with Gasteiger partial charge in [0.1, 0.15) is 11.2 Å². The number of furan rings is 1. The quantitative estimate of drug-likeness (QED) is 0.175. The fourth-order valence-corrected chi connectivity index (χ4v) is 7.58. The number of rotatable bonds is 5. The van der Waals surface area contributed by atoms with Crippen LogP contribution in [0.2, 0.25) is 0 Å². The number of nitrogens with zero attached hydrogens (tertiary/aromatic N) is 1. The Morgan fingerprint density at radius 1 is 0.300 bits per heavy atom. The number of hydrogen-bond acceptors (Lipinski definition) is 2. The highest BCUT2D eigenvalue weighted by Crippen LogP contribution is 2.42. The zero-order valence-electron chi connectivity index (χ0n) is 27.3. The molecule has 0 aliphatic rings. The summed E-state index contributed by atoms with van der Waals surface area (Å²) in [6.07, 6.45) is 0. The van der Waals surface area contributed by atoms with Crippen LogP contribution in [0.15, 0.2) is 192 Å². The second-order valence-corrected chi connectivity index (χ2v) is 13.0. The molecule has 0 unspecified atom stereocenters. The summed E-state index contributed by atoms with van der Waals surface area (Å²) in [5.41, 5.74) is 9.93. The van der Waals surface area contributed by atoms with E-state index in [0.717, 1.165) is 44.4 Å². The maximum Gasteiger partial charge on any atom is 0.136 e. The summed E-state index contributed by atoms with van der Waals surface area (Å²) >= 11 is 0. The Bertz CT molecular complexity index is 2870. The Balaban J connectivity index is 1.16. The lowest BCUT2D eigenvalue weighted by atomic mass is 9.93. The fourth-order valence-electron chi connectivity index (χ4n) is 7.58. The van der Waals surface area contributed by atoms with E-state index in [1.807, 2.05) is 12.1 Å². The van der Waals surface area contributed by atoms with Gasteiger partial charge in [-0.2, -0.15) is 0 Å². The van der Waals surface area contributed by atoms with Crippen LogP contribution in [0, 0.1) is 0 Å². The summed E-state index contributed by atoms with van der Waals surface area (Å²) in [5, 5.41) is 9.63. The summed E-state index contributed by atoms with van der Waals surface area (Å²) in [6, 6.07) is 67.7. The van der Waals surface area contributed by atoms with Gasteiger partial charge in [0.05, 0.1) is 0 Å². The third-order valence-corrected chi connectivity index (χ3v) is 9.99. The normalized spacial score (nSPS) is 11.6. The molecule has 234 valence electrons. The summed E-state index contributed by atoms with van der Waals surface area (Å²) in [7, 11) is 0. The maximum absolute atomic E-state index is 6.23. The van der Waals surface area contributed by atoms with E-state index in [4.69, 9.17) is 4.42 Å². The lowest BCUT2D eigenvalue weighted by Crippen LogP contribution is -2.10. The molecule has 0 atom stereocenters. The van der Waals surface area contributed by atoms with Gasteiger partial charge in [-0.15, -0.1) is 0 Å². The molecule has 1 aromatic heterocycles. The Kier molecular flexibility index (Phi) is 6.53. The Morgan fingerprint density at radius 3 is 1.82 bits per heavy atom. The van der Waals surface area contributed by atoms with Crippen molar-refractivity contribution in [3.05, 3.63) is 188 Å². The number of fused-ring (bicyclic) bond motifs is 7. The van der Waals surface area contributed by atoms with Crippen molar-refractivity contribution in [1.29, 1.82) is 0 Å². The van der Waals surface area contributed by atoms with Crippen molar-refractivity contribution in [3.8, 4) is 22.3 Å². The van der Waals surface area contributed by atoms with Crippen molar-refractivity contribution in [2.45, 2.75) is 0 Å². The Hall–Kier alpha value is -6.64. The average Bonchev–Trinajstić information content (AvgIpc) is 3.55. The molecule has 0 fully saturated rings. The van der Waals surface area contributed by atoms with E-state index in [0.29, 0.717) is 0 Å². The zero-order chi connectivity index (χ0) is 33.0. The van der Waals surface area contributed by atoms with Gasteiger partial charge in [-0.3, -0.25) is 0 Å². The lowest BCUT2D eigenvalue weighted by molar-refractivity contribution is 0.669. The predicted molar refractivity (Wildman–Crippen MR) is 212 cm³/mol. The van der Waals surface area contributed by atoms with Gasteiger partial charge in [0.25, 0.3) is 0 Å². The third-order valence-electron chi connectivity index (χ3n) is 9.99. The molecule has 1 heterocycles. The van der Waals surface area contributed by atoms with Gasteiger partial charge < -0.3 is 9.32 Å². The van der Waals surface area contributed by atoms with Crippen LogP contribution in [0.3, 0.4) is 0 Å². The first-order chi connectivity index (χ1) is 24.8. The van der Waals surface area contributed by atoms with Gasteiger partial charge in [-0.05, 0) is 115 Å². The highest BCUT2D eigenvalue weighted by atomic mass is 16.3. The molecule has 0 saturated carbocycles. The molecular formula is C48H31NO. The summed E-state index contributed by atoms with van der Waals surface area (Å²) in [4.78, 5) is 2.37. The molecule has 10 rings (SSSR count). The van der Waals surface area contributed by atoms with E-state index in [1.165, 1.54) is 49.2 Å². The molecule has 0 N–H and O–H groups in total. The van der Waals surface area contributed by atoms with Gasteiger partial charge in [-0.25, -0.2) is 0 Å². The number of para-hydroxylation sites is 1. The van der Waals surface area contributed by atoms with Gasteiger partial charge in [0.15, 0.2) is 0 Å². The van der Waals surface area contributed by atoms with Crippen LogP contribution in [-0.2, 0) is 0 Å². The molecule has 10 aromatic rings. The standard InChI is InChI=1S/C48H31NO/c1-2-11-32(12-3-1)33-21-24-38(25-22-33)49(40-26-23-34-31-48-46(30-37(34)28-40)44-19-8-9-20-47(44)50-48)39-15-10-14-35(27-39)45-29-36-13-4-5-16-41(36)42-17-6-7-18-43(42)45/h1-31H. The highest BCUT2D eigenvalue weighted by Gasteiger charge is 2.17. The largest absolute Gasteiger partial charge is 0.456 e. The summed E-state index contributed by atoms with van der Waals surface area (Å²) in [5.74, 6) is 0. The molecule has 0 spiro atoms. The van der Waals surface area contributed by atoms with Gasteiger partial charge in [0.2, 0.25) is 0 Å². The van der Waals surface area contributed by atoms with E-state index >= 15 is 0 Å². The van der Waals surface area contributed by atoms with Crippen LogP contribution in [0.1, 0.15) is 0 Å². The SMILES string of the molecule is c1ccc(-c2ccc(N(c3cccc(-c4cc5ccccc5c5ccccc45)c3)c3ccc4cc5oc6ccccc6c5cc4c3)cc2)cc1. The molecule has 0 aliphatic carbocycles. The van der Waals surface area contributed by atoms with Crippen LogP contribution in [0.25, 0.3) is 76.5 Å². The summed E-state index contributed by atoms with van der Waals surface area (Å²) in [6.45, 7) is 0. The van der Waals surface area contributed by atoms with Gasteiger partial charge >= 0.3 is 0 Å². The van der Waals surface area contributed by atoms with E-state index < -0.39 is 0 Å². The summed E-state index contributed by atoms with van der Waals surface area (Å²) < 4.78 is 6.23. The van der Waals surface area contributed by atoms with Crippen LogP contribution in [0.5, 0.6) is 0 Å². The first-order valence-electron chi connectivity index (χ1n) is 17.1. The van der Waals surface area contributed by atoms with E-state index in [2.05, 4.69) is 181 Å². The second kappa shape index (κ2) is 11.5. The molecular weight excluding hydrogens is 607 g/mol. The molecule has 0 saturated heterocycles. The minimum atomic E-state index is 0.912. The van der Waals surface area contributed by atoms with Crippen molar-refractivity contribution in [1.82, 2.24) is 0 Å². The van der Waals surface area contributed by atoms with Crippen molar-refractivity contribution < 1.29 is 4.42 Å². The lowest BCUT2D eigenvalue weighted by Gasteiger charge is -2.27. The van der Waals surface area contributed by atoms with E-state index in [9.17, 15) is 0 Å². The third kappa shape index (κ3) is 4.73. The van der Waals surface area contributed by atoms with Crippen LogP contribution in [0.4, 0.5) is 17.1 Å². The molecule has 50 heavy (non-hydrogen) atoms. The van der Waals surface area contributed by atoms with Crippen LogP contribution in [-0.4, -0.2) is 0 Å². The smallest absolute Gasteiger partial charge is 0.136 e. The number of hydrogen-bond donors (Lipinski definition) is 0. The van der Waals surface area contributed by atoms with E-state index in [1.54, 1.807) is 0 Å². The topological polar surface area (TPSA) is 16.4 Å².